The summed E-state index contributed by atoms with van der Waals surface area (Å²) in [6.07, 6.45) is 0. The molecule has 1 aromatic heterocycles. The van der Waals surface area contributed by atoms with Gasteiger partial charge < -0.3 is 36.2 Å². The van der Waals surface area contributed by atoms with Gasteiger partial charge in [0.05, 0.1) is 14.2 Å². The number of rotatable bonds is 9. The Bertz CT molecular complexity index is 1350. The average molecular weight is 515 g/mol. The van der Waals surface area contributed by atoms with Crippen molar-refractivity contribution in [3.05, 3.63) is 74.9 Å². The minimum Gasteiger partial charge on any atom is -0.598 e. The van der Waals surface area contributed by atoms with Crippen molar-refractivity contribution < 1.29 is 23.8 Å². The third-order valence-electron chi connectivity index (χ3n) is 5.55. The number of anilines is 1. The van der Waals surface area contributed by atoms with Gasteiger partial charge in [0, 0.05) is 28.9 Å². The Kier molecular flexibility index (Phi) is 6.79. The molecule has 11 nitrogen and oxygen atoms in total. The van der Waals surface area contributed by atoms with E-state index in [2.05, 4.69) is 15.7 Å². The number of thiophene rings is 1. The molecule has 2 aromatic carbocycles. The molecular weight excluding hydrogens is 491 g/mol. The third-order valence-corrected chi connectivity index (χ3v) is 6.44. The SMILES string of the molecule is COc1cc(F)c(C(Nc2ccc(C(=N)N)cc2)C2=N[N+]([O-])(c3ccsc3C(=O)O)CN2)cc1OC. The molecule has 6 N–H and O–H groups in total. The highest BCUT2D eigenvalue weighted by molar-refractivity contribution is 7.12. The highest BCUT2D eigenvalue weighted by atomic mass is 32.1. The number of nitrogens with one attached hydrogen (secondary N) is 3. The molecule has 1 aliphatic rings. The lowest BCUT2D eigenvalue weighted by atomic mass is 10.0. The first kappa shape index (κ1) is 24.9. The van der Waals surface area contributed by atoms with Crippen LogP contribution in [0.4, 0.5) is 15.8 Å². The summed E-state index contributed by atoms with van der Waals surface area (Å²) in [5.74, 6) is -1.45. The second kappa shape index (κ2) is 9.81. The van der Waals surface area contributed by atoms with E-state index in [4.69, 9.17) is 20.6 Å². The van der Waals surface area contributed by atoms with Gasteiger partial charge in [0.15, 0.2) is 34.6 Å². The van der Waals surface area contributed by atoms with E-state index in [0.29, 0.717) is 11.3 Å². The van der Waals surface area contributed by atoms with Gasteiger partial charge >= 0.3 is 5.97 Å². The highest BCUT2D eigenvalue weighted by Gasteiger charge is 2.38. The molecule has 0 fully saturated rings. The summed E-state index contributed by atoms with van der Waals surface area (Å²) in [6, 6.07) is 9.56. The molecule has 13 heteroatoms. The first-order chi connectivity index (χ1) is 17.2. The van der Waals surface area contributed by atoms with Crippen LogP contribution in [0.3, 0.4) is 0 Å². The topological polar surface area (TPSA) is 165 Å². The smallest absolute Gasteiger partial charge is 0.352 e. The lowest BCUT2D eigenvalue weighted by Gasteiger charge is -2.29. The third kappa shape index (κ3) is 4.66. The minimum absolute atomic E-state index is 0.0349. The van der Waals surface area contributed by atoms with Crippen LogP contribution < -0.4 is 30.6 Å². The number of nitrogens with two attached hydrogens (primary N) is 1. The number of aromatic carboxylic acids is 1. The molecule has 188 valence electrons. The first-order valence-corrected chi connectivity index (χ1v) is 11.4. The number of quaternary nitrogens is 1. The van der Waals surface area contributed by atoms with Gasteiger partial charge in [0.2, 0.25) is 0 Å². The number of carboxylic acids is 1. The van der Waals surface area contributed by atoms with Gasteiger partial charge in [0.25, 0.3) is 0 Å². The van der Waals surface area contributed by atoms with Crippen LogP contribution in [0, 0.1) is 16.4 Å². The molecule has 0 aliphatic carbocycles. The van der Waals surface area contributed by atoms with Crippen molar-refractivity contribution in [1.29, 1.82) is 5.41 Å². The van der Waals surface area contributed by atoms with Crippen LogP contribution in [-0.2, 0) is 0 Å². The number of nitrogens with zero attached hydrogens (tertiary/aromatic N) is 2. The number of carboxylic acid groups (broad SMARTS) is 1. The zero-order valence-electron chi connectivity index (χ0n) is 19.2. The number of hydrogen-bond acceptors (Lipinski definition) is 9. The number of benzene rings is 2. The van der Waals surface area contributed by atoms with Crippen LogP contribution in [0.15, 0.2) is 52.9 Å². The van der Waals surface area contributed by atoms with E-state index in [1.165, 1.54) is 31.7 Å². The molecule has 0 spiro atoms. The maximum absolute atomic E-state index is 15.3. The van der Waals surface area contributed by atoms with Gasteiger partial charge in [-0.25, -0.2) is 9.18 Å². The lowest BCUT2D eigenvalue weighted by Crippen LogP contribution is -2.39. The van der Waals surface area contributed by atoms with E-state index in [-0.39, 0.29) is 46.0 Å². The molecule has 2 heterocycles. The average Bonchev–Trinajstić information content (AvgIpc) is 3.51. The number of amidine groups is 2. The molecule has 2 atom stereocenters. The van der Waals surface area contributed by atoms with Crippen molar-refractivity contribution in [2.75, 3.05) is 26.2 Å². The lowest BCUT2D eigenvalue weighted by molar-refractivity contribution is 0.0700. The maximum atomic E-state index is 15.3. The molecule has 36 heavy (non-hydrogen) atoms. The van der Waals surface area contributed by atoms with Crippen molar-refractivity contribution >= 4 is 40.4 Å². The molecule has 0 bridgehead atoms. The number of hydrogen-bond donors (Lipinski definition) is 5. The van der Waals surface area contributed by atoms with Crippen LogP contribution >= 0.6 is 11.3 Å². The molecule has 4 rings (SSSR count). The molecule has 0 amide bonds. The Morgan fingerprint density at radius 2 is 1.94 bits per heavy atom. The molecular formula is C23H23FN6O5S. The largest absolute Gasteiger partial charge is 0.598 e. The predicted octanol–water partition coefficient (Wildman–Crippen LogP) is 3.42. The monoisotopic (exact) mass is 514 g/mol. The predicted molar refractivity (Wildman–Crippen MR) is 135 cm³/mol. The van der Waals surface area contributed by atoms with Crippen molar-refractivity contribution in [1.82, 2.24) is 10.1 Å². The van der Waals surface area contributed by atoms with E-state index in [1.807, 2.05) is 0 Å². The molecule has 0 saturated carbocycles. The van der Waals surface area contributed by atoms with E-state index in [0.717, 1.165) is 17.4 Å². The van der Waals surface area contributed by atoms with E-state index in [1.54, 1.807) is 24.3 Å². The number of halogens is 1. The number of hydroxylamine groups is 1. The van der Waals surface area contributed by atoms with E-state index < -0.39 is 22.6 Å². The molecule has 0 radical (unpaired) electrons. The fourth-order valence-corrected chi connectivity index (χ4v) is 4.53. The molecule has 2 unspecified atom stereocenters. The Morgan fingerprint density at radius 1 is 1.28 bits per heavy atom. The van der Waals surface area contributed by atoms with Gasteiger partial charge in [-0.1, -0.05) is 5.10 Å². The van der Waals surface area contributed by atoms with Crippen molar-refractivity contribution in [3.63, 3.8) is 0 Å². The Morgan fingerprint density at radius 3 is 2.56 bits per heavy atom. The van der Waals surface area contributed by atoms with Crippen molar-refractivity contribution in [2.45, 2.75) is 6.04 Å². The van der Waals surface area contributed by atoms with Gasteiger partial charge in [0.1, 0.15) is 17.7 Å². The summed E-state index contributed by atoms with van der Waals surface area (Å²) < 4.78 is 24.5. The Balaban J connectivity index is 1.80. The fourth-order valence-electron chi connectivity index (χ4n) is 3.77. The second-order valence-corrected chi connectivity index (χ2v) is 8.68. The van der Waals surface area contributed by atoms with Crippen LogP contribution in [-0.4, -0.2) is 43.6 Å². The van der Waals surface area contributed by atoms with Crippen LogP contribution in [0.2, 0.25) is 0 Å². The summed E-state index contributed by atoms with van der Waals surface area (Å²) in [4.78, 5) is 11.5. The van der Waals surface area contributed by atoms with Crippen LogP contribution in [0.5, 0.6) is 11.5 Å². The number of methoxy groups -OCH3 is 2. The van der Waals surface area contributed by atoms with Gasteiger partial charge in [-0.3, -0.25) is 5.41 Å². The highest BCUT2D eigenvalue weighted by Crippen LogP contribution is 2.37. The van der Waals surface area contributed by atoms with Gasteiger partial charge in [-0.05, 0) is 35.7 Å². The summed E-state index contributed by atoms with van der Waals surface area (Å²) in [5.41, 5.74) is 6.62. The Hall–Kier alpha value is -4.20. The summed E-state index contributed by atoms with van der Waals surface area (Å²) >= 11 is 0.921. The fraction of sp³-hybridized carbons (Fsp3) is 0.174. The summed E-state index contributed by atoms with van der Waals surface area (Å²) in [7, 11) is 2.80. The molecule has 0 saturated heterocycles. The second-order valence-electron chi connectivity index (χ2n) is 7.76. The summed E-state index contributed by atoms with van der Waals surface area (Å²) in [5, 5.41) is 42.4. The first-order valence-electron chi connectivity index (χ1n) is 10.5. The normalized spacial score (nSPS) is 17.6. The zero-order valence-corrected chi connectivity index (χ0v) is 20.1. The van der Waals surface area contributed by atoms with Crippen molar-refractivity contribution in [3.8, 4) is 11.5 Å². The molecule has 3 aromatic rings. The van der Waals surface area contributed by atoms with Crippen LogP contribution in [0.1, 0.15) is 26.8 Å². The number of carbonyl (C=O) groups is 1. The minimum atomic E-state index is -1.32. The standard InChI is InChI=1S/C23H23FN6O5S/c1-34-17-9-14(15(24)10-18(17)35-2)19(28-13-5-3-12(4-6-13)21(25)26)22-27-11-30(33,29-22)16-7-8-36-20(16)23(31)32/h3-10,19,28H,11H2,1-2H3,(H3,25,26)(H,27,29)(H,31,32). The Labute approximate surface area is 209 Å². The zero-order chi connectivity index (χ0) is 26.0. The maximum Gasteiger partial charge on any atom is 0.352 e. The van der Waals surface area contributed by atoms with E-state index >= 15 is 4.39 Å². The van der Waals surface area contributed by atoms with Gasteiger partial charge in [-0.15, -0.1) is 11.3 Å². The van der Waals surface area contributed by atoms with Crippen LogP contribution in [0.25, 0.3) is 0 Å². The van der Waals surface area contributed by atoms with Gasteiger partial charge in [-0.2, -0.15) is 4.76 Å². The number of nitrogen functional groups attached to an aromatic ring is 1. The quantitative estimate of drug-likeness (QED) is 0.125. The van der Waals surface area contributed by atoms with E-state index in [9.17, 15) is 15.1 Å². The molecule has 1 aliphatic heterocycles. The number of ether oxygens (including phenoxy) is 2. The van der Waals surface area contributed by atoms with Crippen molar-refractivity contribution in [2.24, 2.45) is 10.8 Å². The summed E-state index contributed by atoms with van der Waals surface area (Å²) in [6.45, 7) is -0.289.